The number of halogens is 2. The molecule has 1 heterocycles. The summed E-state index contributed by atoms with van der Waals surface area (Å²) in [6.07, 6.45) is -0.167. The second-order valence-corrected chi connectivity index (χ2v) is 3.28. The van der Waals surface area contributed by atoms with Crippen LogP contribution in [0.3, 0.4) is 0 Å². The average Bonchev–Trinajstić information content (AvgIpc) is 2.70. The summed E-state index contributed by atoms with van der Waals surface area (Å²) in [6.45, 7) is -0.191. The first-order chi connectivity index (χ1) is 7.20. The number of benzene rings is 1. The Kier molecular flexibility index (Phi) is 2.64. The van der Waals surface area contributed by atoms with Gasteiger partial charge >= 0.3 is 0 Å². The Hall–Kier alpha value is -1.49. The zero-order valence-corrected chi connectivity index (χ0v) is 7.78. The van der Waals surface area contributed by atoms with Gasteiger partial charge in [-0.2, -0.15) is 0 Å². The summed E-state index contributed by atoms with van der Waals surface area (Å²) in [4.78, 5) is 4.81. The lowest BCUT2D eigenvalue weighted by Crippen LogP contribution is -2.13. The van der Waals surface area contributed by atoms with Gasteiger partial charge in [-0.15, -0.1) is 0 Å². The molecule has 1 N–H and O–H groups in total. The van der Waals surface area contributed by atoms with Crippen molar-refractivity contribution in [3.63, 3.8) is 0 Å². The number of oxime groups is 1. The number of rotatable bonds is 2. The van der Waals surface area contributed by atoms with Gasteiger partial charge in [0.05, 0.1) is 12.3 Å². The van der Waals surface area contributed by atoms with Crippen LogP contribution in [0.25, 0.3) is 0 Å². The molecule has 0 saturated heterocycles. The molecule has 0 aromatic heterocycles. The molecule has 1 aliphatic heterocycles. The zero-order valence-electron chi connectivity index (χ0n) is 7.78. The van der Waals surface area contributed by atoms with Crippen LogP contribution in [0.4, 0.5) is 8.78 Å². The Morgan fingerprint density at radius 1 is 1.47 bits per heavy atom. The van der Waals surface area contributed by atoms with Crippen LogP contribution in [0.2, 0.25) is 0 Å². The number of aliphatic hydroxyl groups excluding tert-OH is 1. The van der Waals surface area contributed by atoms with Crippen LogP contribution in [0, 0.1) is 11.6 Å². The van der Waals surface area contributed by atoms with E-state index in [1.165, 1.54) is 0 Å². The second kappa shape index (κ2) is 3.94. The first-order valence-electron chi connectivity index (χ1n) is 4.49. The van der Waals surface area contributed by atoms with E-state index in [4.69, 9.17) is 9.94 Å². The lowest BCUT2D eigenvalue weighted by atomic mass is 10.0. The Morgan fingerprint density at radius 2 is 2.27 bits per heavy atom. The first-order valence-corrected chi connectivity index (χ1v) is 4.49. The smallest absolute Gasteiger partial charge is 0.156 e. The molecule has 1 aliphatic rings. The van der Waals surface area contributed by atoms with E-state index < -0.39 is 17.7 Å². The van der Waals surface area contributed by atoms with Gasteiger partial charge in [0.2, 0.25) is 0 Å². The zero-order chi connectivity index (χ0) is 10.8. The second-order valence-electron chi connectivity index (χ2n) is 3.28. The van der Waals surface area contributed by atoms with Crippen molar-refractivity contribution >= 4 is 5.71 Å². The standard InChI is InChI=1S/C10H9F2NO2/c11-6-1-2-9(12)8(3-6)10-4-7(5-14)15-13-10/h1-3,7,14H,4-5H2. The van der Waals surface area contributed by atoms with Crippen molar-refractivity contribution < 1.29 is 18.7 Å². The highest BCUT2D eigenvalue weighted by Crippen LogP contribution is 2.19. The van der Waals surface area contributed by atoms with E-state index in [0.717, 1.165) is 18.2 Å². The molecule has 0 bridgehead atoms. The Balaban J connectivity index is 2.27. The molecule has 0 aliphatic carbocycles. The number of hydrogen-bond donors (Lipinski definition) is 1. The molecule has 0 amide bonds. The van der Waals surface area contributed by atoms with Gasteiger partial charge < -0.3 is 9.94 Å². The molecule has 80 valence electrons. The highest BCUT2D eigenvalue weighted by Gasteiger charge is 2.23. The third-order valence-corrected chi connectivity index (χ3v) is 2.18. The van der Waals surface area contributed by atoms with Crippen LogP contribution in [-0.2, 0) is 4.84 Å². The quantitative estimate of drug-likeness (QED) is 0.807. The molecule has 3 nitrogen and oxygen atoms in total. The number of aliphatic hydroxyl groups is 1. The van der Waals surface area contributed by atoms with Gasteiger partial charge in [-0.25, -0.2) is 8.78 Å². The van der Waals surface area contributed by atoms with Crippen LogP contribution < -0.4 is 0 Å². The molecule has 2 rings (SSSR count). The lowest BCUT2D eigenvalue weighted by molar-refractivity contribution is 0.0390. The summed E-state index contributed by atoms with van der Waals surface area (Å²) in [5, 5.41) is 12.4. The molecule has 15 heavy (non-hydrogen) atoms. The van der Waals surface area contributed by atoms with Crippen molar-refractivity contribution in [2.75, 3.05) is 6.61 Å². The summed E-state index contributed by atoms with van der Waals surface area (Å²) < 4.78 is 26.2. The summed E-state index contributed by atoms with van der Waals surface area (Å²) in [5.74, 6) is -1.07. The summed E-state index contributed by atoms with van der Waals surface area (Å²) in [7, 11) is 0. The summed E-state index contributed by atoms with van der Waals surface area (Å²) >= 11 is 0. The van der Waals surface area contributed by atoms with E-state index >= 15 is 0 Å². The molecule has 0 saturated carbocycles. The maximum absolute atomic E-state index is 13.3. The topological polar surface area (TPSA) is 41.8 Å². The van der Waals surface area contributed by atoms with Crippen molar-refractivity contribution in [1.29, 1.82) is 0 Å². The monoisotopic (exact) mass is 213 g/mol. The maximum Gasteiger partial charge on any atom is 0.156 e. The average molecular weight is 213 g/mol. The van der Waals surface area contributed by atoms with Crippen LogP contribution in [-0.4, -0.2) is 23.5 Å². The highest BCUT2D eigenvalue weighted by molar-refractivity contribution is 6.01. The van der Waals surface area contributed by atoms with Gasteiger partial charge in [-0.1, -0.05) is 5.16 Å². The predicted octanol–water partition coefficient (Wildman–Crippen LogP) is 1.45. The van der Waals surface area contributed by atoms with Gasteiger partial charge in [0.1, 0.15) is 11.6 Å². The molecule has 1 aromatic rings. The lowest BCUT2D eigenvalue weighted by Gasteiger charge is -2.02. The minimum atomic E-state index is -0.544. The molecule has 0 spiro atoms. The van der Waals surface area contributed by atoms with Crippen LogP contribution in [0.5, 0.6) is 0 Å². The molecule has 0 radical (unpaired) electrons. The van der Waals surface area contributed by atoms with Crippen molar-refractivity contribution in [3.05, 3.63) is 35.4 Å². The van der Waals surface area contributed by atoms with Crippen LogP contribution in [0.15, 0.2) is 23.4 Å². The Bertz CT molecular complexity index is 406. The molecule has 5 heteroatoms. The Labute approximate surface area is 85.0 Å². The van der Waals surface area contributed by atoms with Crippen molar-refractivity contribution in [3.8, 4) is 0 Å². The minimum Gasteiger partial charge on any atom is -0.392 e. The third-order valence-electron chi connectivity index (χ3n) is 2.18. The maximum atomic E-state index is 13.3. The van der Waals surface area contributed by atoms with Crippen LogP contribution in [0.1, 0.15) is 12.0 Å². The van der Waals surface area contributed by atoms with Crippen LogP contribution >= 0.6 is 0 Å². The van der Waals surface area contributed by atoms with Gasteiger partial charge in [0.25, 0.3) is 0 Å². The van der Waals surface area contributed by atoms with Gasteiger partial charge in [-0.3, -0.25) is 0 Å². The van der Waals surface area contributed by atoms with Crippen molar-refractivity contribution in [2.45, 2.75) is 12.5 Å². The molecular weight excluding hydrogens is 204 g/mol. The SMILES string of the molecule is OCC1CC(c2cc(F)ccc2F)=NO1. The third kappa shape index (κ3) is 1.97. The summed E-state index contributed by atoms with van der Waals surface area (Å²) in [5.41, 5.74) is 0.414. The predicted molar refractivity (Wildman–Crippen MR) is 49.5 cm³/mol. The van der Waals surface area contributed by atoms with E-state index in [9.17, 15) is 8.78 Å². The largest absolute Gasteiger partial charge is 0.392 e. The fraction of sp³-hybridized carbons (Fsp3) is 0.300. The Morgan fingerprint density at radius 3 is 2.93 bits per heavy atom. The van der Waals surface area contributed by atoms with E-state index in [1.54, 1.807) is 0 Å². The summed E-state index contributed by atoms with van der Waals surface area (Å²) in [6, 6.07) is 3.15. The van der Waals surface area contributed by atoms with Gasteiger partial charge in [0.15, 0.2) is 6.10 Å². The van der Waals surface area contributed by atoms with Crippen molar-refractivity contribution in [2.24, 2.45) is 5.16 Å². The first kappa shape index (κ1) is 10.0. The molecule has 0 fully saturated rings. The van der Waals surface area contributed by atoms with Gasteiger partial charge in [-0.05, 0) is 18.2 Å². The van der Waals surface area contributed by atoms with Crippen molar-refractivity contribution in [1.82, 2.24) is 0 Å². The molecular formula is C10H9F2NO2. The number of nitrogens with zero attached hydrogens (tertiary/aromatic N) is 1. The normalized spacial score (nSPS) is 19.9. The highest BCUT2D eigenvalue weighted by atomic mass is 19.1. The van der Waals surface area contributed by atoms with E-state index in [1.807, 2.05) is 0 Å². The van der Waals surface area contributed by atoms with E-state index in [0.29, 0.717) is 5.71 Å². The molecule has 1 atom stereocenters. The van der Waals surface area contributed by atoms with Gasteiger partial charge in [0, 0.05) is 12.0 Å². The minimum absolute atomic E-state index is 0.0888. The number of hydrogen-bond acceptors (Lipinski definition) is 3. The van der Waals surface area contributed by atoms with E-state index in [-0.39, 0.29) is 18.6 Å². The molecule has 1 aromatic carbocycles. The van der Waals surface area contributed by atoms with E-state index in [2.05, 4.69) is 5.16 Å². The fourth-order valence-electron chi connectivity index (χ4n) is 1.40. The molecule has 1 unspecified atom stereocenters. The fourth-order valence-corrected chi connectivity index (χ4v) is 1.40.